The van der Waals surface area contributed by atoms with Crippen molar-refractivity contribution in [2.45, 2.75) is 135 Å². The van der Waals surface area contributed by atoms with E-state index >= 15 is 0 Å². The van der Waals surface area contributed by atoms with E-state index in [4.69, 9.17) is 0 Å². The van der Waals surface area contributed by atoms with Crippen LogP contribution in [0.15, 0.2) is 0 Å². The lowest BCUT2D eigenvalue weighted by atomic mass is 10.0. The van der Waals surface area contributed by atoms with E-state index in [-0.39, 0.29) is 0 Å². The molecule has 0 heteroatoms. The van der Waals surface area contributed by atoms with E-state index in [0.29, 0.717) is 0 Å². The van der Waals surface area contributed by atoms with Gasteiger partial charge in [0, 0.05) is 0 Å². The van der Waals surface area contributed by atoms with E-state index in [2.05, 4.69) is 20.3 Å². The lowest BCUT2D eigenvalue weighted by Crippen LogP contribution is -1.84. The van der Waals surface area contributed by atoms with Crippen LogP contribution in [0.3, 0.4) is 0 Å². The van der Waals surface area contributed by atoms with Gasteiger partial charge in [0.25, 0.3) is 0 Å². The van der Waals surface area contributed by atoms with Crippen molar-refractivity contribution in [3.8, 4) is 0 Å². The molecule has 0 aliphatic carbocycles. The highest BCUT2D eigenvalue weighted by atomic mass is 14.0. The van der Waals surface area contributed by atoms with Crippen LogP contribution in [0.25, 0.3) is 0 Å². The summed E-state index contributed by atoms with van der Waals surface area (Å²) in [7, 11) is 0. The molecule has 0 heterocycles. The number of rotatable bonds is 20. The molecule has 0 N–H and O–H groups in total. The molecule has 0 unspecified atom stereocenters. The first-order valence-electron chi connectivity index (χ1n) is 11.0. The van der Waals surface area contributed by atoms with Crippen LogP contribution in [-0.4, -0.2) is 0 Å². The van der Waals surface area contributed by atoms with Crippen LogP contribution in [-0.2, 0) is 0 Å². The van der Waals surface area contributed by atoms with Crippen LogP contribution in [0.1, 0.15) is 135 Å². The van der Waals surface area contributed by atoms with Crippen LogP contribution in [0.5, 0.6) is 0 Å². The Bertz CT molecular complexity index is 164. The standard InChI is InChI=1S/C23H46/c1-3-5-7-9-11-13-15-17-19-21-23-22-20-18-16-14-12-10-8-6-4-2/h21H,1,3-20,22-23H2,2H3. The van der Waals surface area contributed by atoms with E-state index in [9.17, 15) is 0 Å². The van der Waals surface area contributed by atoms with Gasteiger partial charge in [-0.05, 0) is 6.42 Å². The summed E-state index contributed by atoms with van der Waals surface area (Å²) in [6.45, 7) is 6.19. The molecule has 138 valence electrons. The highest BCUT2D eigenvalue weighted by Crippen LogP contribution is 2.14. The second-order valence-electron chi connectivity index (χ2n) is 7.38. The summed E-state index contributed by atoms with van der Waals surface area (Å²) in [4.78, 5) is 0. The Morgan fingerprint density at radius 3 is 1.22 bits per heavy atom. The monoisotopic (exact) mass is 322 g/mol. The first-order valence-corrected chi connectivity index (χ1v) is 11.0. The molecule has 0 bridgehead atoms. The van der Waals surface area contributed by atoms with Gasteiger partial charge < -0.3 is 0 Å². The number of unbranched alkanes of at least 4 members (excludes halogenated alkanes) is 20. The Morgan fingerprint density at radius 2 is 0.826 bits per heavy atom. The summed E-state index contributed by atoms with van der Waals surface area (Å²) in [5.41, 5.74) is 0. The van der Waals surface area contributed by atoms with Gasteiger partial charge in [0.2, 0.25) is 0 Å². The molecule has 0 atom stereocenters. The fraction of sp³-hybridized carbons (Fsp3) is 0.913. The molecular formula is C23H46. The number of hydrogen-bond acceptors (Lipinski definition) is 0. The van der Waals surface area contributed by atoms with Gasteiger partial charge in [-0.2, -0.15) is 0 Å². The predicted molar refractivity (Wildman–Crippen MR) is 108 cm³/mol. The van der Waals surface area contributed by atoms with Gasteiger partial charge >= 0.3 is 0 Å². The maximum atomic E-state index is 3.90. The normalized spacial score (nSPS) is 11.2. The first-order chi connectivity index (χ1) is 11.4. The van der Waals surface area contributed by atoms with Gasteiger partial charge in [0.05, 0.1) is 0 Å². The molecule has 0 aromatic heterocycles. The second-order valence-corrected chi connectivity index (χ2v) is 7.38. The molecule has 0 saturated heterocycles. The third kappa shape index (κ3) is 22.0. The second kappa shape index (κ2) is 22.0. The van der Waals surface area contributed by atoms with Crippen molar-refractivity contribution < 1.29 is 0 Å². The highest BCUT2D eigenvalue weighted by Gasteiger charge is 1.95. The Morgan fingerprint density at radius 1 is 0.478 bits per heavy atom. The Hall–Kier alpha value is 0. The van der Waals surface area contributed by atoms with E-state index < -0.39 is 0 Å². The smallest absolute Gasteiger partial charge is 0.0386 e. The van der Waals surface area contributed by atoms with Gasteiger partial charge in [0.15, 0.2) is 0 Å². The minimum absolute atomic E-state index is 1.12. The molecule has 0 nitrogen and oxygen atoms in total. The van der Waals surface area contributed by atoms with Crippen molar-refractivity contribution in [3.05, 3.63) is 13.3 Å². The molecule has 0 saturated carbocycles. The lowest BCUT2D eigenvalue weighted by Gasteiger charge is -2.03. The molecule has 0 fully saturated rings. The summed E-state index contributed by atoms with van der Waals surface area (Å²) in [6.07, 6.45) is 30.8. The largest absolute Gasteiger partial charge is 0.0654 e. The van der Waals surface area contributed by atoms with Crippen LogP contribution >= 0.6 is 0 Å². The fourth-order valence-corrected chi connectivity index (χ4v) is 3.27. The molecule has 23 heavy (non-hydrogen) atoms. The Kier molecular flexibility index (Phi) is 22.0. The summed E-state index contributed by atoms with van der Waals surface area (Å²) in [5, 5.41) is 0. The van der Waals surface area contributed by atoms with Gasteiger partial charge in [-0.25, -0.2) is 0 Å². The summed E-state index contributed by atoms with van der Waals surface area (Å²) >= 11 is 0. The van der Waals surface area contributed by atoms with Gasteiger partial charge in [-0.1, -0.05) is 142 Å². The molecular weight excluding hydrogens is 276 g/mol. The number of hydrogen-bond donors (Lipinski definition) is 0. The van der Waals surface area contributed by atoms with E-state index in [1.807, 2.05) is 0 Å². The molecule has 0 aromatic rings. The Balaban J connectivity index is 2.92. The minimum atomic E-state index is 1.12. The average Bonchev–Trinajstić information content (AvgIpc) is 2.57. The van der Waals surface area contributed by atoms with E-state index in [0.717, 1.165) is 6.42 Å². The van der Waals surface area contributed by atoms with Crippen LogP contribution in [0, 0.1) is 13.3 Å². The van der Waals surface area contributed by atoms with Crippen molar-refractivity contribution in [1.82, 2.24) is 0 Å². The minimum Gasteiger partial charge on any atom is -0.0654 e. The van der Waals surface area contributed by atoms with Crippen LogP contribution in [0.2, 0.25) is 0 Å². The molecule has 0 spiro atoms. The quantitative estimate of drug-likeness (QED) is 0.196. The van der Waals surface area contributed by atoms with Gasteiger partial charge in [-0.3, -0.25) is 0 Å². The van der Waals surface area contributed by atoms with E-state index in [1.165, 1.54) is 122 Å². The van der Waals surface area contributed by atoms with Gasteiger partial charge in [-0.15, -0.1) is 0 Å². The third-order valence-electron chi connectivity index (χ3n) is 4.92. The maximum absolute atomic E-state index is 3.90. The van der Waals surface area contributed by atoms with Crippen LogP contribution in [0.4, 0.5) is 0 Å². The zero-order chi connectivity index (χ0) is 16.8. The topological polar surface area (TPSA) is 0 Å². The fourth-order valence-electron chi connectivity index (χ4n) is 3.27. The van der Waals surface area contributed by atoms with Crippen molar-refractivity contribution in [2.24, 2.45) is 0 Å². The zero-order valence-corrected chi connectivity index (χ0v) is 16.4. The van der Waals surface area contributed by atoms with Crippen molar-refractivity contribution in [1.29, 1.82) is 0 Å². The SMILES string of the molecule is [CH2]CCCCCCCCC[CH]CCCCCCCCCCCC. The average molecular weight is 323 g/mol. The summed E-state index contributed by atoms with van der Waals surface area (Å²) in [6, 6.07) is 0. The molecule has 0 amide bonds. The molecule has 0 rings (SSSR count). The molecule has 0 aromatic carbocycles. The van der Waals surface area contributed by atoms with Crippen molar-refractivity contribution in [3.63, 3.8) is 0 Å². The van der Waals surface area contributed by atoms with Crippen LogP contribution < -0.4 is 0 Å². The first kappa shape index (κ1) is 23.0. The zero-order valence-electron chi connectivity index (χ0n) is 16.4. The molecule has 0 aliphatic rings. The van der Waals surface area contributed by atoms with E-state index in [1.54, 1.807) is 0 Å². The maximum Gasteiger partial charge on any atom is -0.0386 e. The lowest BCUT2D eigenvalue weighted by molar-refractivity contribution is 0.550. The predicted octanol–water partition coefficient (Wildman–Crippen LogP) is 8.85. The molecule has 2 radical (unpaired) electrons. The van der Waals surface area contributed by atoms with Gasteiger partial charge in [0.1, 0.15) is 0 Å². The molecule has 0 aliphatic heterocycles. The van der Waals surface area contributed by atoms with Crippen molar-refractivity contribution in [2.75, 3.05) is 0 Å². The summed E-state index contributed by atoms with van der Waals surface area (Å²) in [5.74, 6) is 0. The Labute approximate surface area is 149 Å². The summed E-state index contributed by atoms with van der Waals surface area (Å²) < 4.78 is 0. The highest BCUT2D eigenvalue weighted by molar-refractivity contribution is 4.64. The van der Waals surface area contributed by atoms with Crippen molar-refractivity contribution >= 4 is 0 Å². The third-order valence-corrected chi connectivity index (χ3v) is 4.92.